The van der Waals surface area contributed by atoms with Gasteiger partial charge in [0.05, 0.1) is 5.02 Å². The number of carbonyl (C=O) groups excluding carboxylic acids is 1. The summed E-state index contributed by atoms with van der Waals surface area (Å²) in [7, 11) is 0. The van der Waals surface area contributed by atoms with Gasteiger partial charge in [0.2, 0.25) is 5.91 Å². The minimum absolute atomic E-state index is 0.0870. The smallest absolute Gasteiger partial charge is 0.224 e. The topological polar surface area (TPSA) is 29.1 Å². The zero-order valence-electron chi connectivity index (χ0n) is 10.9. The van der Waals surface area contributed by atoms with Crippen molar-refractivity contribution in [3.05, 3.63) is 27.7 Å². The Balaban J connectivity index is 1.78. The van der Waals surface area contributed by atoms with E-state index in [9.17, 15) is 4.79 Å². The Labute approximate surface area is 128 Å². The molecule has 0 atom stereocenters. The van der Waals surface area contributed by atoms with E-state index < -0.39 is 0 Å². The maximum atomic E-state index is 11.9. The highest BCUT2D eigenvalue weighted by Gasteiger charge is 2.14. The maximum Gasteiger partial charge on any atom is 0.224 e. The number of hydrogen-bond donors (Lipinski definition) is 1. The van der Waals surface area contributed by atoms with E-state index in [2.05, 4.69) is 21.2 Å². The second kappa shape index (κ2) is 7.30. The minimum Gasteiger partial charge on any atom is -0.326 e. The molecule has 0 aromatic heterocycles. The first-order valence-corrected chi connectivity index (χ1v) is 8.07. The molecule has 0 radical (unpaired) electrons. The fourth-order valence-electron chi connectivity index (χ4n) is 2.61. The third-order valence-electron chi connectivity index (χ3n) is 3.71. The molecule has 0 spiro atoms. The molecule has 19 heavy (non-hydrogen) atoms. The molecule has 0 bridgehead atoms. The number of hydrogen-bond acceptors (Lipinski definition) is 1. The summed E-state index contributed by atoms with van der Waals surface area (Å²) in [6.07, 6.45) is 8.21. The molecule has 1 saturated carbocycles. The second-order valence-electron chi connectivity index (χ2n) is 5.22. The van der Waals surface area contributed by atoms with Crippen LogP contribution in [0.2, 0.25) is 5.02 Å². The third-order valence-corrected chi connectivity index (χ3v) is 4.94. The lowest BCUT2D eigenvalue weighted by atomic mass is 9.86. The first-order chi connectivity index (χ1) is 9.15. The van der Waals surface area contributed by atoms with Gasteiger partial charge < -0.3 is 5.32 Å². The van der Waals surface area contributed by atoms with E-state index in [1.807, 2.05) is 12.1 Å². The number of carbonyl (C=O) groups is 1. The van der Waals surface area contributed by atoms with Crippen LogP contribution in [-0.4, -0.2) is 5.91 Å². The summed E-state index contributed by atoms with van der Waals surface area (Å²) >= 11 is 9.33. The first kappa shape index (κ1) is 14.9. The van der Waals surface area contributed by atoms with Crippen LogP contribution in [-0.2, 0) is 4.79 Å². The Hall–Kier alpha value is -0.540. The number of anilines is 1. The molecule has 1 N–H and O–H groups in total. The van der Waals surface area contributed by atoms with Gasteiger partial charge in [-0.3, -0.25) is 4.79 Å². The van der Waals surface area contributed by atoms with Crippen molar-refractivity contribution in [3.63, 3.8) is 0 Å². The van der Waals surface area contributed by atoms with Crippen molar-refractivity contribution < 1.29 is 4.79 Å². The van der Waals surface area contributed by atoms with E-state index in [1.165, 1.54) is 32.1 Å². The summed E-state index contributed by atoms with van der Waals surface area (Å²) < 4.78 is 0.842. The Kier molecular flexibility index (Phi) is 5.71. The Bertz CT molecular complexity index is 444. The highest BCUT2D eigenvalue weighted by molar-refractivity contribution is 9.10. The SMILES string of the molecule is O=C(CCC1CCCCC1)Nc1ccc(Br)c(Cl)c1. The third kappa shape index (κ3) is 4.81. The van der Waals surface area contributed by atoms with Crippen molar-refractivity contribution in [2.24, 2.45) is 5.92 Å². The number of amides is 1. The Morgan fingerprint density at radius 2 is 2.05 bits per heavy atom. The molecule has 2 rings (SSSR count). The lowest BCUT2D eigenvalue weighted by molar-refractivity contribution is -0.116. The van der Waals surface area contributed by atoms with E-state index in [-0.39, 0.29) is 5.91 Å². The lowest BCUT2D eigenvalue weighted by Crippen LogP contribution is -2.14. The van der Waals surface area contributed by atoms with Crippen LogP contribution in [0.15, 0.2) is 22.7 Å². The van der Waals surface area contributed by atoms with Crippen LogP contribution in [0.1, 0.15) is 44.9 Å². The zero-order valence-corrected chi connectivity index (χ0v) is 13.3. The zero-order chi connectivity index (χ0) is 13.7. The molecule has 1 aliphatic rings. The molecule has 0 heterocycles. The molecule has 0 saturated heterocycles. The molecule has 1 aliphatic carbocycles. The van der Waals surface area contributed by atoms with Crippen molar-refractivity contribution in [2.45, 2.75) is 44.9 Å². The average Bonchev–Trinajstić information content (AvgIpc) is 2.42. The fourth-order valence-corrected chi connectivity index (χ4v) is 3.04. The molecule has 4 heteroatoms. The summed E-state index contributed by atoms with van der Waals surface area (Å²) in [4.78, 5) is 11.9. The van der Waals surface area contributed by atoms with Gasteiger partial charge in [-0.15, -0.1) is 0 Å². The molecule has 1 aromatic rings. The Morgan fingerprint density at radius 1 is 1.32 bits per heavy atom. The van der Waals surface area contributed by atoms with Gasteiger partial charge in [0.15, 0.2) is 0 Å². The number of halogens is 2. The highest BCUT2D eigenvalue weighted by atomic mass is 79.9. The molecular formula is C15H19BrClNO. The minimum atomic E-state index is 0.0870. The van der Waals surface area contributed by atoms with E-state index in [4.69, 9.17) is 11.6 Å². The quantitative estimate of drug-likeness (QED) is 0.778. The van der Waals surface area contributed by atoms with Gasteiger partial charge in [0.25, 0.3) is 0 Å². The summed E-state index contributed by atoms with van der Waals surface area (Å²) in [5.41, 5.74) is 0.766. The predicted octanol–water partition coefficient (Wildman–Crippen LogP) is 5.40. The van der Waals surface area contributed by atoms with Crippen LogP contribution in [0.25, 0.3) is 0 Å². The normalized spacial score (nSPS) is 16.3. The van der Waals surface area contributed by atoms with Crippen molar-refractivity contribution in [3.8, 4) is 0 Å². The van der Waals surface area contributed by atoms with Gasteiger partial charge in [-0.05, 0) is 46.5 Å². The first-order valence-electron chi connectivity index (χ1n) is 6.90. The van der Waals surface area contributed by atoms with Gasteiger partial charge in [0.1, 0.15) is 0 Å². The Morgan fingerprint density at radius 3 is 2.74 bits per heavy atom. The highest BCUT2D eigenvalue weighted by Crippen LogP contribution is 2.28. The summed E-state index contributed by atoms with van der Waals surface area (Å²) in [6, 6.07) is 5.47. The van der Waals surface area contributed by atoms with Crippen LogP contribution in [0.4, 0.5) is 5.69 Å². The van der Waals surface area contributed by atoms with Crippen LogP contribution in [0, 0.1) is 5.92 Å². The van der Waals surface area contributed by atoms with Gasteiger partial charge in [-0.25, -0.2) is 0 Å². The molecule has 1 fully saturated rings. The monoisotopic (exact) mass is 343 g/mol. The van der Waals surface area contributed by atoms with E-state index >= 15 is 0 Å². The van der Waals surface area contributed by atoms with Crippen LogP contribution in [0.5, 0.6) is 0 Å². The average molecular weight is 345 g/mol. The number of nitrogens with one attached hydrogen (secondary N) is 1. The van der Waals surface area contributed by atoms with Crippen LogP contribution in [0.3, 0.4) is 0 Å². The van der Waals surface area contributed by atoms with Gasteiger partial charge in [-0.2, -0.15) is 0 Å². The summed E-state index contributed by atoms with van der Waals surface area (Å²) in [6.45, 7) is 0. The summed E-state index contributed by atoms with van der Waals surface area (Å²) in [5, 5.41) is 3.52. The van der Waals surface area contributed by atoms with Gasteiger partial charge in [0, 0.05) is 16.6 Å². The standard InChI is InChI=1S/C15H19BrClNO/c16-13-8-7-12(10-14(13)17)18-15(19)9-6-11-4-2-1-3-5-11/h7-8,10-11H,1-6,9H2,(H,18,19). The molecular weight excluding hydrogens is 326 g/mol. The number of rotatable bonds is 4. The van der Waals surface area contributed by atoms with Crippen LogP contribution >= 0.6 is 27.5 Å². The van der Waals surface area contributed by atoms with E-state index in [0.29, 0.717) is 11.4 Å². The molecule has 0 unspecified atom stereocenters. The van der Waals surface area contributed by atoms with Crippen molar-refractivity contribution in [1.82, 2.24) is 0 Å². The van der Waals surface area contributed by atoms with Crippen molar-refractivity contribution in [1.29, 1.82) is 0 Å². The fraction of sp³-hybridized carbons (Fsp3) is 0.533. The second-order valence-corrected chi connectivity index (χ2v) is 6.48. The predicted molar refractivity (Wildman–Crippen MR) is 83.6 cm³/mol. The molecule has 2 nitrogen and oxygen atoms in total. The molecule has 1 amide bonds. The van der Waals surface area contributed by atoms with E-state index in [0.717, 1.165) is 22.5 Å². The van der Waals surface area contributed by atoms with Gasteiger partial charge >= 0.3 is 0 Å². The maximum absolute atomic E-state index is 11.9. The van der Waals surface area contributed by atoms with Gasteiger partial charge in [-0.1, -0.05) is 43.7 Å². The summed E-state index contributed by atoms with van der Waals surface area (Å²) in [5.74, 6) is 0.831. The molecule has 104 valence electrons. The van der Waals surface area contributed by atoms with E-state index in [1.54, 1.807) is 6.07 Å². The number of benzene rings is 1. The largest absolute Gasteiger partial charge is 0.326 e. The lowest BCUT2D eigenvalue weighted by Gasteiger charge is -2.21. The van der Waals surface area contributed by atoms with Crippen LogP contribution < -0.4 is 5.32 Å². The molecule has 1 aromatic carbocycles. The van der Waals surface area contributed by atoms with Crippen molar-refractivity contribution in [2.75, 3.05) is 5.32 Å². The van der Waals surface area contributed by atoms with Crippen molar-refractivity contribution >= 4 is 39.1 Å². The molecule has 0 aliphatic heterocycles.